The molecule has 0 heterocycles. The Bertz CT molecular complexity index is 725. The Morgan fingerprint density at radius 3 is 1.60 bits per heavy atom. The van der Waals surface area contributed by atoms with E-state index in [1.165, 1.54) is 0 Å². The number of carbonyl (C=O) groups is 2. The lowest BCUT2D eigenvalue weighted by Crippen LogP contribution is -2.21. The third-order valence-corrected chi connectivity index (χ3v) is 4.19. The maximum atomic E-state index is 12.4. The van der Waals surface area contributed by atoms with Gasteiger partial charge in [-0.2, -0.15) is 0 Å². The number of para-hydroxylation sites is 4. The molecular formula is C19H20N2O4. The van der Waals surface area contributed by atoms with Gasteiger partial charge in [-0.05, 0) is 30.7 Å². The highest BCUT2D eigenvalue weighted by Gasteiger charge is 2.48. The van der Waals surface area contributed by atoms with Crippen LogP contribution in [0.4, 0.5) is 11.4 Å². The molecule has 0 saturated heterocycles. The van der Waals surface area contributed by atoms with Crippen molar-refractivity contribution in [1.82, 2.24) is 0 Å². The summed E-state index contributed by atoms with van der Waals surface area (Å²) in [5.41, 5.74) is 1.21. The van der Waals surface area contributed by atoms with Crippen molar-refractivity contribution in [2.24, 2.45) is 11.8 Å². The van der Waals surface area contributed by atoms with E-state index in [-0.39, 0.29) is 23.7 Å². The molecule has 1 fully saturated rings. The van der Waals surface area contributed by atoms with E-state index in [1.807, 2.05) is 24.3 Å². The molecule has 0 aromatic heterocycles. The summed E-state index contributed by atoms with van der Waals surface area (Å²) in [6.45, 7) is 0. The predicted octanol–water partition coefficient (Wildman–Crippen LogP) is 2.92. The normalized spacial score (nSPS) is 18.2. The number of methoxy groups -OCH3 is 2. The second-order valence-electron chi connectivity index (χ2n) is 5.83. The molecule has 3 rings (SSSR count). The van der Waals surface area contributed by atoms with Gasteiger partial charge in [0.2, 0.25) is 11.8 Å². The van der Waals surface area contributed by atoms with Crippen molar-refractivity contribution in [3.8, 4) is 11.5 Å². The minimum atomic E-state index is -0.334. The van der Waals surface area contributed by atoms with Crippen LogP contribution in [0.15, 0.2) is 48.5 Å². The number of hydrogen-bond donors (Lipinski definition) is 2. The first-order chi connectivity index (χ1) is 12.1. The average molecular weight is 340 g/mol. The lowest BCUT2D eigenvalue weighted by Gasteiger charge is -2.11. The van der Waals surface area contributed by atoms with Gasteiger partial charge >= 0.3 is 0 Å². The monoisotopic (exact) mass is 340 g/mol. The first kappa shape index (κ1) is 16.8. The fraction of sp³-hybridized carbons (Fsp3) is 0.263. The van der Waals surface area contributed by atoms with Gasteiger partial charge in [0.25, 0.3) is 0 Å². The molecule has 2 amide bonds. The van der Waals surface area contributed by atoms with Gasteiger partial charge in [-0.1, -0.05) is 24.3 Å². The van der Waals surface area contributed by atoms with Crippen molar-refractivity contribution in [2.45, 2.75) is 6.42 Å². The van der Waals surface area contributed by atoms with Crippen LogP contribution >= 0.6 is 0 Å². The topological polar surface area (TPSA) is 76.7 Å². The van der Waals surface area contributed by atoms with Crippen LogP contribution in [0.1, 0.15) is 6.42 Å². The predicted molar refractivity (Wildman–Crippen MR) is 94.8 cm³/mol. The van der Waals surface area contributed by atoms with Gasteiger partial charge in [0, 0.05) is 0 Å². The molecule has 0 spiro atoms. The van der Waals surface area contributed by atoms with Gasteiger partial charge in [-0.15, -0.1) is 0 Å². The number of rotatable bonds is 6. The highest BCUT2D eigenvalue weighted by Crippen LogP contribution is 2.41. The molecule has 2 unspecified atom stereocenters. The highest BCUT2D eigenvalue weighted by molar-refractivity contribution is 6.04. The Morgan fingerprint density at radius 1 is 0.800 bits per heavy atom. The quantitative estimate of drug-likeness (QED) is 0.848. The summed E-state index contributed by atoms with van der Waals surface area (Å²) in [5, 5.41) is 5.65. The van der Waals surface area contributed by atoms with E-state index in [9.17, 15) is 9.59 Å². The molecule has 1 aliphatic carbocycles. The van der Waals surface area contributed by atoms with Gasteiger partial charge < -0.3 is 20.1 Å². The largest absolute Gasteiger partial charge is 0.495 e. The van der Waals surface area contributed by atoms with Crippen molar-refractivity contribution in [3.05, 3.63) is 48.5 Å². The van der Waals surface area contributed by atoms with E-state index in [1.54, 1.807) is 38.5 Å². The molecular weight excluding hydrogens is 320 g/mol. The minimum absolute atomic E-state index is 0.176. The van der Waals surface area contributed by atoms with Gasteiger partial charge in [-0.25, -0.2) is 0 Å². The van der Waals surface area contributed by atoms with Crippen LogP contribution in [-0.4, -0.2) is 26.0 Å². The Labute approximate surface area is 146 Å². The molecule has 1 saturated carbocycles. The van der Waals surface area contributed by atoms with Gasteiger partial charge in [0.15, 0.2) is 0 Å². The molecule has 0 bridgehead atoms. The van der Waals surface area contributed by atoms with E-state index in [0.717, 1.165) is 0 Å². The maximum absolute atomic E-state index is 12.4. The number of ether oxygens (including phenoxy) is 2. The van der Waals surface area contributed by atoms with Crippen LogP contribution < -0.4 is 20.1 Å². The van der Waals surface area contributed by atoms with Crippen molar-refractivity contribution < 1.29 is 19.1 Å². The van der Waals surface area contributed by atoms with Gasteiger partial charge in [0.05, 0.1) is 37.4 Å². The molecule has 25 heavy (non-hydrogen) atoms. The summed E-state index contributed by atoms with van der Waals surface area (Å²) in [4.78, 5) is 24.7. The molecule has 2 atom stereocenters. The Kier molecular flexibility index (Phi) is 4.88. The molecule has 130 valence electrons. The zero-order valence-corrected chi connectivity index (χ0v) is 14.1. The Hall–Kier alpha value is -3.02. The lowest BCUT2D eigenvalue weighted by atomic mass is 10.2. The van der Waals surface area contributed by atoms with Crippen molar-refractivity contribution in [1.29, 1.82) is 0 Å². The second-order valence-corrected chi connectivity index (χ2v) is 5.83. The van der Waals surface area contributed by atoms with Crippen molar-refractivity contribution >= 4 is 23.2 Å². The van der Waals surface area contributed by atoms with Crippen LogP contribution in [-0.2, 0) is 9.59 Å². The van der Waals surface area contributed by atoms with E-state index in [2.05, 4.69) is 10.6 Å². The van der Waals surface area contributed by atoms with Crippen LogP contribution in [0.25, 0.3) is 0 Å². The van der Waals surface area contributed by atoms with E-state index >= 15 is 0 Å². The number of nitrogens with one attached hydrogen (secondary N) is 2. The molecule has 6 heteroatoms. The second kappa shape index (κ2) is 7.25. The summed E-state index contributed by atoms with van der Waals surface area (Å²) in [5.74, 6) is 0.159. The number of anilines is 2. The fourth-order valence-electron chi connectivity index (χ4n) is 2.72. The van der Waals surface area contributed by atoms with Crippen LogP contribution in [0.5, 0.6) is 11.5 Å². The van der Waals surface area contributed by atoms with Crippen LogP contribution in [0.3, 0.4) is 0 Å². The highest BCUT2D eigenvalue weighted by atomic mass is 16.5. The van der Waals surface area contributed by atoms with E-state index < -0.39 is 0 Å². The standard InChI is InChI=1S/C19H20N2O4/c1-24-16-9-5-3-7-14(16)20-18(22)12-11-13(12)19(23)21-15-8-4-6-10-17(15)25-2/h3-10,12-13H,11H2,1-2H3,(H,20,22)(H,21,23). The molecule has 2 N–H and O–H groups in total. The van der Waals surface area contributed by atoms with Crippen molar-refractivity contribution in [3.63, 3.8) is 0 Å². The zero-order valence-electron chi connectivity index (χ0n) is 14.1. The van der Waals surface area contributed by atoms with Crippen LogP contribution in [0, 0.1) is 11.8 Å². The average Bonchev–Trinajstić information content (AvgIpc) is 3.43. The smallest absolute Gasteiger partial charge is 0.228 e. The summed E-state index contributed by atoms with van der Waals surface area (Å²) in [6.07, 6.45) is 0.530. The van der Waals surface area contributed by atoms with E-state index in [0.29, 0.717) is 29.3 Å². The van der Waals surface area contributed by atoms with Crippen molar-refractivity contribution in [2.75, 3.05) is 24.9 Å². The Morgan fingerprint density at radius 2 is 1.20 bits per heavy atom. The van der Waals surface area contributed by atoms with Gasteiger partial charge in [-0.3, -0.25) is 9.59 Å². The fourth-order valence-corrected chi connectivity index (χ4v) is 2.72. The number of carbonyl (C=O) groups excluding carboxylic acids is 2. The first-order valence-electron chi connectivity index (χ1n) is 8.01. The molecule has 0 radical (unpaired) electrons. The molecule has 2 aromatic rings. The van der Waals surface area contributed by atoms with Crippen LogP contribution in [0.2, 0.25) is 0 Å². The minimum Gasteiger partial charge on any atom is -0.495 e. The third kappa shape index (κ3) is 3.74. The first-order valence-corrected chi connectivity index (χ1v) is 8.01. The zero-order chi connectivity index (χ0) is 17.8. The number of hydrogen-bond acceptors (Lipinski definition) is 4. The molecule has 0 aliphatic heterocycles. The summed E-state index contributed by atoms with van der Waals surface area (Å²) in [7, 11) is 3.09. The SMILES string of the molecule is COc1ccccc1NC(=O)C1CC1C(=O)Nc1ccccc1OC. The molecule has 1 aliphatic rings. The maximum Gasteiger partial charge on any atom is 0.228 e. The van der Waals surface area contributed by atoms with E-state index in [4.69, 9.17) is 9.47 Å². The summed E-state index contributed by atoms with van der Waals surface area (Å²) >= 11 is 0. The summed E-state index contributed by atoms with van der Waals surface area (Å²) in [6, 6.07) is 14.4. The Balaban J connectivity index is 1.60. The third-order valence-electron chi connectivity index (χ3n) is 4.19. The lowest BCUT2D eigenvalue weighted by molar-refractivity contribution is -0.122. The number of benzene rings is 2. The number of amides is 2. The molecule has 2 aromatic carbocycles. The molecule has 6 nitrogen and oxygen atoms in total. The van der Waals surface area contributed by atoms with Gasteiger partial charge in [0.1, 0.15) is 11.5 Å². The summed E-state index contributed by atoms with van der Waals surface area (Å²) < 4.78 is 10.4.